The molecule has 44 valence electrons. The summed E-state index contributed by atoms with van der Waals surface area (Å²) in [5, 5.41) is 7.94. The van der Waals surface area contributed by atoms with E-state index in [1.165, 1.54) is 12.5 Å². The number of aliphatic imine (C=N–C) groups is 1. The largest absolute Gasteiger partial charge is 0.318 e. The summed E-state index contributed by atoms with van der Waals surface area (Å²) in [6, 6.07) is 0. The lowest BCUT2D eigenvalue weighted by Gasteiger charge is -2.04. The topological polar surface area (TPSA) is 65.9 Å². The summed E-state index contributed by atoms with van der Waals surface area (Å²) in [6.07, 6.45) is 2.73. The van der Waals surface area contributed by atoms with Crippen molar-refractivity contribution in [1.82, 2.24) is 10.9 Å². The highest BCUT2D eigenvalue weighted by molar-refractivity contribution is 5.56. The Kier molecular flexibility index (Phi) is 1.34. The molecule has 0 atom stereocenters. The van der Waals surface area contributed by atoms with Crippen molar-refractivity contribution in [3.63, 3.8) is 0 Å². The Labute approximate surface area is 45.6 Å². The maximum atomic E-state index is 7.94. The molecule has 5 nitrogen and oxygen atoms in total. The zero-order chi connectivity index (χ0) is 5.82. The van der Waals surface area contributed by atoms with Gasteiger partial charge in [0.05, 0.1) is 6.20 Å². The molecule has 0 aromatic heterocycles. The third-order valence-electron chi connectivity index (χ3n) is 0.629. The van der Waals surface area contributed by atoms with E-state index in [9.17, 15) is 0 Å². The molecule has 0 spiro atoms. The SMILES string of the molecule is OOC1=CNNC=N1. The number of nitrogens with one attached hydrogen (secondary N) is 2. The van der Waals surface area contributed by atoms with Crippen LogP contribution in [-0.2, 0) is 4.89 Å². The lowest BCUT2D eigenvalue weighted by Crippen LogP contribution is -2.28. The molecule has 1 aliphatic rings. The maximum Gasteiger partial charge on any atom is 0.275 e. The van der Waals surface area contributed by atoms with Crippen LogP contribution in [0.1, 0.15) is 0 Å². The van der Waals surface area contributed by atoms with Crippen LogP contribution in [0, 0.1) is 0 Å². The first kappa shape index (κ1) is 4.92. The molecule has 0 unspecified atom stereocenters. The van der Waals surface area contributed by atoms with E-state index in [-0.39, 0.29) is 5.88 Å². The molecule has 0 bridgehead atoms. The van der Waals surface area contributed by atoms with Crippen molar-refractivity contribution in [2.45, 2.75) is 0 Å². The molecule has 0 aromatic carbocycles. The predicted octanol–water partition coefficient (Wildman–Crippen LogP) is -0.589. The Morgan fingerprint density at radius 1 is 1.62 bits per heavy atom. The Balaban J connectivity index is 2.51. The van der Waals surface area contributed by atoms with Crippen LogP contribution in [0.5, 0.6) is 0 Å². The van der Waals surface area contributed by atoms with Gasteiger partial charge in [0.25, 0.3) is 5.88 Å². The van der Waals surface area contributed by atoms with Crippen molar-refractivity contribution in [2.24, 2.45) is 4.99 Å². The summed E-state index contributed by atoms with van der Waals surface area (Å²) < 4.78 is 0. The van der Waals surface area contributed by atoms with Crippen LogP contribution in [-0.4, -0.2) is 11.6 Å². The quantitative estimate of drug-likeness (QED) is 0.315. The second-order valence-corrected chi connectivity index (χ2v) is 1.12. The van der Waals surface area contributed by atoms with Gasteiger partial charge in [-0.25, -0.2) is 5.26 Å². The van der Waals surface area contributed by atoms with E-state index in [0.29, 0.717) is 0 Å². The number of hydrazine groups is 1. The van der Waals surface area contributed by atoms with Crippen molar-refractivity contribution < 1.29 is 10.1 Å². The monoisotopic (exact) mass is 115 g/mol. The van der Waals surface area contributed by atoms with E-state index in [1.54, 1.807) is 0 Å². The summed E-state index contributed by atoms with van der Waals surface area (Å²) in [4.78, 5) is 7.29. The molecule has 0 fully saturated rings. The molecule has 0 aromatic rings. The van der Waals surface area contributed by atoms with E-state index in [4.69, 9.17) is 5.26 Å². The fourth-order valence-corrected chi connectivity index (χ4v) is 0.324. The van der Waals surface area contributed by atoms with Gasteiger partial charge in [-0.3, -0.25) is 5.43 Å². The average molecular weight is 115 g/mol. The number of rotatable bonds is 1. The van der Waals surface area contributed by atoms with Gasteiger partial charge in [-0.15, -0.1) is 0 Å². The molecule has 5 heteroatoms. The Morgan fingerprint density at radius 3 is 2.88 bits per heavy atom. The third kappa shape index (κ3) is 0.881. The first-order chi connectivity index (χ1) is 3.93. The van der Waals surface area contributed by atoms with Crippen molar-refractivity contribution in [1.29, 1.82) is 0 Å². The summed E-state index contributed by atoms with van der Waals surface area (Å²) in [5.41, 5.74) is 5.08. The van der Waals surface area contributed by atoms with Crippen molar-refractivity contribution >= 4 is 6.34 Å². The summed E-state index contributed by atoms with van der Waals surface area (Å²) in [6.45, 7) is 0. The molecule has 0 aliphatic carbocycles. The smallest absolute Gasteiger partial charge is 0.275 e. The van der Waals surface area contributed by atoms with Gasteiger partial charge in [0.1, 0.15) is 6.34 Å². The summed E-state index contributed by atoms with van der Waals surface area (Å²) in [5.74, 6) is 0.128. The van der Waals surface area contributed by atoms with Crippen molar-refractivity contribution in [3.05, 3.63) is 12.1 Å². The van der Waals surface area contributed by atoms with Gasteiger partial charge in [-0.05, 0) is 0 Å². The lowest BCUT2D eigenvalue weighted by atomic mass is 10.8. The molecular weight excluding hydrogens is 110 g/mol. The summed E-state index contributed by atoms with van der Waals surface area (Å²) >= 11 is 0. The van der Waals surface area contributed by atoms with Gasteiger partial charge in [-0.2, -0.15) is 4.99 Å². The van der Waals surface area contributed by atoms with Crippen LogP contribution in [0.4, 0.5) is 0 Å². The molecule has 1 rings (SSSR count). The minimum atomic E-state index is 0.128. The van der Waals surface area contributed by atoms with E-state index < -0.39 is 0 Å². The molecular formula is C3H5N3O2. The highest BCUT2D eigenvalue weighted by Crippen LogP contribution is 1.93. The second-order valence-electron chi connectivity index (χ2n) is 1.12. The first-order valence-corrected chi connectivity index (χ1v) is 1.98. The van der Waals surface area contributed by atoms with Gasteiger partial charge in [0.2, 0.25) is 0 Å². The first-order valence-electron chi connectivity index (χ1n) is 1.98. The van der Waals surface area contributed by atoms with Gasteiger partial charge in [-0.1, -0.05) is 0 Å². The second kappa shape index (κ2) is 2.17. The van der Waals surface area contributed by atoms with Crippen molar-refractivity contribution in [3.8, 4) is 0 Å². The minimum Gasteiger partial charge on any atom is -0.318 e. The Bertz CT molecular complexity index is 130. The lowest BCUT2D eigenvalue weighted by molar-refractivity contribution is -0.204. The molecule has 1 heterocycles. The van der Waals surface area contributed by atoms with E-state index >= 15 is 0 Å². The zero-order valence-electron chi connectivity index (χ0n) is 3.96. The zero-order valence-corrected chi connectivity index (χ0v) is 3.96. The fourth-order valence-electron chi connectivity index (χ4n) is 0.324. The van der Waals surface area contributed by atoms with E-state index in [0.717, 1.165) is 0 Å². The molecule has 8 heavy (non-hydrogen) atoms. The van der Waals surface area contributed by atoms with E-state index in [2.05, 4.69) is 20.7 Å². The molecule has 1 aliphatic heterocycles. The number of hydrogen-bond donors (Lipinski definition) is 3. The Morgan fingerprint density at radius 2 is 2.50 bits per heavy atom. The average Bonchev–Trinajstić information content (AvgIpc) is 1.90. The molecule has 0 saturated carbocycles. The molecule has 0 saturated heterocycles. The van der Waals surface area contributed by atoms with Gasteiger partial charge in [0.15, 0.2) is 0 Å². The van der Waals surface area contributed by atoms with Gasteiger partial charge in [0, 0.05) is 0 Å². The molecule has 3 N–H and O–H groups in total. The molecule has 0 amide bonds. The summed E-state index contributed by atoms with van der Waals surface area (Å²) in [7, 11) is 0. The standard InChI is InChI=1S/C3H5N3O2/c7-8-3-1-5-6-2-4-3/h1-2,5,7H,(H,4,6). The number of nitrogens with zero attached hydrogens (tertiary/aromatic N) is 1. The normalized spacial score (nSPS) is 15.9. The van der Waals surface area contributed by atoms with Crippen LogP contribution in [0.2, 0.25) is 0 Å². The highest BCUT2D eigenvalue weighted by Gasteiger charge is 1.93. The van der Waals surface area contributed by atoms with Crippen LogP contribution >= 0.6 is 0 Å². The fraction of sp³-hybridized carbons (Fsp3) is 0. The number of hydrogen-bond acceptors (Lipinski definition) is 5. The third-order valence-corrected chi connectivity index (χ3v) is 0.629. The van der Waals surface area contributed by atoms with Gasteiger partial charge < -0.3 is 10.3 Å². The van der Waals surface area contributed by atoms with Gasteiger partial charge >= 0.3 is 0 Å². The van der Waals surface area contributed by atoms with Crippen LogP contribution in [0.15, 0.2) is 17.1 Å². The maximum absolute atomic E-state index is 7.94. The van der Waals surface area contributed by atoms with Crippen molar-refractivity contribution in [2.75, 3.05) is 0 Å². The van der Waals surface area contributed by atoms with Crippen LogP contribution < -0.4 is 10.9 Å². The minimum absolute atomic E-state index is 0.128. The molecule has 0 radical (unpaired) electrons. The highest BCUT2D eigenvalue weighted by atomic mass is 17.1. The van der Waals surface area contributed by atoms with Crippen LogP contribution in [0.25, 0.3) is 0 Å². The van der Waals surface area contributed by atoms with E-state index in [1.807, 2.05) is 0 Å². The van der Waals surface area contributed by atoms with Crippen LogP contribution in [0.3, 0.4) is 0 Å². The predicted molar refractivity (Wildman–Crippen MR) is 26.6 cm³/mol. The Hall–Kier alpha value is -1.23.